The van der Waals surface area contributed by atoms with E-state index < -0.39 is 15.8 Å². The molecule has 110 valence electrons. The lowest BCUT2D eigenvalue weighted by Gasteiger charge is -2.09. The Labute approximate surface area is 121 Å². The van der Waals surface area contributed by atoms with Gasteiger partial charge in [-0.2, -0.15) is 0 Å². The van der Waals surface area contributed by atoms with Crippen LogP contribution in [0.2, 0.25) is 0 Å². The summed E-state index contributed by atoms with van der Waals surface area (Å²) < 4.78 is 28.0. The van der Waals surface area contributed by atoms with Crippen molar-refractivity contribution in [3.8, 4) is 0 Å². The van der Waals surface area contributed by atoms with Gasteiger partial charge in [0.05, 0.1) is 5.75 Å². The number of sulfone groups is 1. The van der Waals surface area contributed by atoms with Crippen LogP contribution in [0.1, 0.15) is 16.1 Å². The molecule has 1 aliphatic rings. The molecule has 2 heterocycles. The summed E-state index contributed by atoms with van der Waals surface area (Å²) in [4.78, 5) is 11.3. The zero-order chi connectivity index (χ0) is 15.0. The van der Waals surface area contributed by atoms with E-state index in [-0.39, 0.29) is 24.1 Å². The van der Waals surface area contributed by atoms with Crippen molar-refractivity contribution in [1.29, 1.82) is 0 Å². The van der Waals surface area contributed by atoms with E-state index in [9.17, 15) is 18.3 Å². The van der Waals surface area contributed by atoms with Gasteiger partial charge in [-0.05, 0) is 6.07 Å². The fourth-order valence-electron chi connectivity index (χ4n) is 2.38. The molecule has 0 radical (unpaired) electrons. The zero-order valence-corrected chi connectivity index (χ0v) is 11.8. The summed E-state index contributed by atoms with van der Waals surface area (Å²) >= 11 is 0. The van der Waals surface area contributed by atoms with E-state index in [0.29, 0.717) is 16.5 Å². The first-order chi connectivity index (χ1) is 9.96. The molecule has 0 aliphatic carbocycles. The van der Waals surface area contributed by atoms with E-state index in [2.05, 4.69) is 5.32 Å². The summed E-state index contributed by atoms with van der Waals surface area (Å²) in [5.41, 5.74) is 1.03. The van der Waals surface area contributed by atoms with Gasteiger partial charge in [0.25, 0.3) is 0 Å². The lowest BCUT2D eigenvalue weighted by atomic mass is 10.1. The van der Waals surface area contributed by atoms with Crippen LogP contribution in [0.5, 0.6) is 0 Å². The highest BCUT2D eigenvalue weighted by Gasteiger charge is 2.24. The summed E-state index contributed by atoms with van der Waals surface area (Å²) in [7, 11) is -3.14. The van der Waals surface area contributed by atoms with Gasteiger partial charge in [-0.25, -0.2) is 13.2 Å². The Morgan fingerprint density at radius 3 is 2.81 bits per heavy atom. The van der Waals surface area contributed by atoms with Crippen LogP contribution in [0.3, 0.4) is 0 Å². The van der Waals surface area contributed by atoms with Crippen LogP contribution >= 0.6 is 0 Å². The SMILES string of the molecule is O=C(O)c1oc2ccccc2c1CNC1C=CS(=O)(=O)C1. The molecule has 1 aliphatic heterocycles. The van der Waals surface area contributed by atoms with Crippen LogP contribution in [0.15, 0.2) is 40.2 Å². The predicted octanol–water partition coefficient (Wildman–Crippen LogP) is 1.53. The summed E-state index contributed by atoms with van der Waals surface area (Å²) in [5, 5.41) is 14.1. The topological polar surface area (TPSA) is 96.6 Å². The minimum absolute atomic E-state index is 0.00874. The smallest absolute Gasteiger partial charge is 0.372 e. The van der Waals surface area contributed by atoms with Crippen LogP contribution < -0.4 is 5.32 Å². The molecular weight excluding hydrogens is 294 g/mol. The molecule has 1 unspecified atom stereocenters. The van der Waals surface area contributed by atoms with Gasteiger partial charge in [-0.15, -0.1) is 0 Å². The molecule has 0 fully saturated rings. The van der Waals surface area contributed by atoms with E-state index in [4.69, 9.17) is 4.42 Å². The van der Waals surface area contributed by atoms with Crippen molar-refractivity contribution >= 4 is 26.8 Å². The maximum atomic E-state index is 11.4. The zero-order valence-electron chi connectivity index (χ0n) is 10.9. The van der Waals surface area contributed by atoms with Crippen LogP contribution in [0.25, 0.3) is 11.0 Å². The van der Waals surface area contributed by atoms with Gasteiger partial charge < -0.3 is 14.8 Å². The highest BCUT2D eigenvalue weighted by molar-refractivity contribution is 7.94. The summed E-state index contributed by atoms with van der Waals surface area (Å²) in [6.07, 6.45) is 1.57. The second-order valence-electron chi connectivity index (χ2n) is 4.86. The molecule has 7 heteroatoms. The number of benzene rings is 1. The van der Waals surface area contributed by atoms with E-state index in [0.717, 1.165) is 0 Å². The maximum absolute atomic E-state index is 11.4. The molecule has 1 aromatic heterocycles. The number of fused-ring (bicyclic) bond motifs is 1. The van der Waals surface area contributed by atoms with Gasteiger partial charge in [0.1, 0.15) is 5.58 Å². The third-order valence-corrected chi connectivity index (χ3v) is 4.76. The Kier molecular flexibility index (Phi) is 3.30. The molecule has 0 bridgehead atoms. The van der Waals surface area contributed by atoms with Crippen LogP contribution in [0.4, 0.5) is 0 Å². The first-order valence-electron chi connectivity index (χ1n) is 6.34. The molecule has 3 rings (SSSR count). The number of carboxylic acid groups (broad SMARTS) is 1. The fraction of sp³-hybridized carbons (Fsp3) is 0.214. The average molecular weight is 307 g/mol. The van der Waals surface area contributed by atoms with E-state index >= 15 is 0 Å². The monoisotopic (exact) mass is 307 g/mol. The normalized spacial score (nSPS) is 20.1. The molecule has 0 spiro atoms. The van der Waals surface area contributed by atoms with Crippen molar-refractivity contribution in [2.45, 2.75) is 12.6 Å². The predicted molar refractivity (Wildman–Crippen MR) is 76.7 cm³/mol. The number of nitrogens with one attached hydrogen (secondary N) is 1. The number of carboxylic acids is 1. The number of hydrogen-bond donors (Lipinski definition) is 2. The molecule has 1 aromatic carbocycles. The van der Waals surface area contributed by atoms with Gasteiger partial charge in [0, 0.05) is 28.9 Å². The van der Waals surface area contributed by atoms with Crippen molar-refractivity contribution in [2.75, 3.05) is 5.75 Å². The molecule has 0 saturated heterocycles. The highest BCUT2D eigenvalue weighted by Crippen LogP contribution is 2.26. The number of hydrogen-bond acceptors (Lipinski definition) is 5. The molecule has 21 heavy (non-hydrogen) atoms. The highest BCUT2D eigenvalue weighted by atomic mass is 32.2. The van der Waals surface area contributed by atoms with E-state index in [1.54, 1.807) is 30.3 Å². The van der Waals surface area contributed by atoms with Crippen LogP contribution in [0, 0.1) is 0 Å². The number of carbonyl (C=O) groups is 1. The first-order valence-corrected chi connectivity index (χ1v) is 8.06. The van der Waals surface area contributed by atoms with Crippen molar-refractivity contribution in [2.24, 2.45) is 0 Å². The third-order valence-electron chi connectivity index (χ3n) is 3.36. The lowest BCUT2D eigenvalue weighted by Crippen LogP contribution is -2.29. The molecular formula is C14H13NO5S. The van der Waals surface area contributed by atoms with Gasteiger partial charge >= 0.3 is 5.97 Å². The van der Waals surface area contributed by atoms with Crippen LogP contribution in [-0.4, -0.2) is 31.3 Å². The molecule has 1 atom stereocenters. The second-order valence-corrected chi connectivity index (χ2v) is 6.79. The van der Waals surface area contributed by atoms with Crippen molar-refractivity contribution in [3.63, 3.8) is 0 Å². The van der Waals surface area contributed by atoms with Crippen molar-refractivity contribution < 1.29 is 22.7 Å². The Bertz CT molecular complexity index is 834. The van der Waals surface area contributed by atoms with Gasteiger partial charge in [-0.3, -0.25) is 0 Å². The van der Waals surface area contributed by atoms with Gasteiger partial charge in [-0.1, -0.05) is 24.3 Å². The molecule has 0 amide bonds. The van der Waals surface area contributed by atoms with E-state index in [1.165, 1.54) is 5.41 Å². The third kappa shape index (κ3) is 2.70. The molecule has 2 N–H and O–H groups in total. The summed E-state index contributed by atoms with van der Waals surface area (Å²) in [6, 6.07) is 6.73. The number of rotatable bonds is 4. The standard InChI is InChI=1S/C14H13NO5S/c16-14(17)13-11(10-3-1-2-4-12(10)20-13)7-15-9-5-6-21(18,19)8-9/h1-6,9,15H,7-8H2,(H,16,17). The van der Waals surface area contributed by atoms with Crippen molar-refractivity contribution in [3.05, 3.63) is 47.1 Å². The number of para-hydroxylation sites is 1. The lowest BCUT2D eigenvalue weighted by molar-refractivity contribution is 0.0663. The van der Waals surface area contributed by atoms with E-state index in [1.807, 2.05) is 0 Å². The number of furan rings is 1. The second kappa shape index (κ2) is 5.01. The minimum Gasteiger partial charge on any atom is -0.475 e. The minimum atomic E-state index is -3.14. The number of aromatic carboxylic acids is 1. The van der Waals surface area contributed by atoms with Crippen molar-refractivity contribution in [1.82, 2.24) is 5.32 Å². The average Bonchev–Trinajstić information content (AvgIpc) is 2.96. The summed E-state index contributed by atoms with van der Waals surface area (Å²) in [6.45, 7) is 0.225. The summed E-state index contributed by atoms with van der Waals surface area (Å²) in [5.74, 6) is -1.27. The Balaban J connectivity index is 1.88. The Hall–Kier alpha value is -2.12. The molecule has 2 aromatic rings. The largest absolute Gasteiger partial charge is 0.475 e. The Morgan fingerprint density at radius 1 is 1.38 bits per heavy atom. The van der Waals surface area contributed by atoms with Gasteiger partial charge in [0.2, 0.25) is 5.76 Å². The van der Waals surface area contributed by atoms with Gasteiger partial charge in [0.15, 0.2) is 9.84 Å². The fourth-order valence-corrected chi connectivity index (χ4v) is 3.65. The molecule has 6 nitrogen and oxygen atoms in total. The molecule has 0 saturated carbocycles. The van der Waals surface area contributed by atoms with Crippen LogP contribution in [-0.2, 0) is 16.4 Å². The Morgan fingerprint density at radius 2 is 2.14 bits per heavy atom. The quantitative estimate of drug-likeness (QED) is 0.889. The first kappa shape index (κ1) is 13.8. The maximum Gasteiger partial charge on any atom is 0.372 e.